The van der Waals surface area contributed by atoms with Gasteiger partial charge in [0.15, 0.2) is 0 Å². The van der Waals surface area contributed by atoms with Gasteiger partial charge < -0.3 is 9.80 Å². The van der Waals surface area contributed by atoms with Crippen molar-refractivity contribution >= 4 is 5.82 Å². The number of hydrogen-bond donors (Lipinski definition) is 0. The number of nitrogens with zero attached hydrogens (tertiary/aromatic N) is 3. The zero-order chi connectivity index (χ0) is 9.97. The highest BCUT2D eigenvalue weighted by atomic mass is 15.3. The summed E-state index contributed by atoms with van der Waals surface area (Å²) in [6.45, 7) is 5.49. The molecule has 0 spiro atoms. The Morgan fingerprint density at radius 1 is 1.50 bits per heavy atom. The molecule has 75 valence electrons. The molecule has 0 amide bonds. The molecular weight excluding hydrogens is 174 g/mol. The number of anilines is 1. The number of piperazine rings is 1. The standard InChI is InChI=1S/C11H16N3/c1-10-9-14(8-7-13(10)2)11-5-3-4-6-12-11/h3,5-6,10H,7-9H2,1-2H3/t10-/m0/s1. The summed E-state index contributed by atoms with van der Waals surface area (Å²) >= 11 is 0. The minimum absolute atomic E-state index is 0.606. The van der Waals surface area contributed by atoms with Crippen LogP contribution >= 0.6 is 0 Å². The van der Waals surface area contributed by atoms with Crippen LogP contribution in [0.2, 0.25) is 0 Å². The van der Waals surface area contributed by atoms with Gasteiger partial charge in [-0.25, -0.2) is 4.98 Å². The minimum atomic E-state index is 0.606. The van der Waals surface area contributed by atoms with Crippen molar-refractivity contribution in [1.82, 2.24) is 9.88 Å². The molecule has 2 heterocycles. The topological polar surface area (TPSA) is 19.4 Å². The fraction of sp³-hybridized carbons (Fsp3) is 0.545. The zero-order valence-electron chi connectivity index (χ0n) is 8.77. The summed E-state index contributed by atoms with van der Waals surface area (Å²) in [5.74, 6) is 1.07. The van der Waals surface area contributed by atoms with Gasteiger partial charge in [-0.15, -0.1) is 0 Å². The number of aromatic nitrogens is 1. The third-order valence-corrected chi connectivity index (χ3v) is 2.88. The zero-order valence-corrected chi connectivity index (χ0v) is 8.77. The normalized spacial score (nSPS) is 23.9. The highest BCUT2D eigenvalue weighted by molar-refractivity contribution is 5.38. The molecule has 0 saturated carbocycles. The van der Waals surface area contributed by atoms with E-state index in [0.29, 0.717) is 6.04 Å². The fourth-order valence-electron chi connectivity index (χ4n) is 1.76. The highest BCUT2D eigenvalue weighted by Gasteiger charge is 2.20. The van der Waals surface area contributed by atoms with Gasteiger partial charge in [-0.3, -0.25) is 0 Å². The molecule has 1 aromatic rings. The fourth-order valence-corrected chi connectivity index (χ4v) is 1.76. The first kappa shape index (κ1) is 9.46. The van der Waals surface area contributed by atoms with Crippen molar-refractivity contribution in [2.45, 2.75) is 13.0 Å². The lowest BCUT2D eigenvalue weighted by Crippen LogP contribution is -2.50. The Hall–Kier alpha value is -1.09. The first-order chi connectivity index (χ1) is 6.77. The number of hydrogen-bond acceptors (Lipinski definition) is 3. The molecule has 14 heavy (non-hydrogen) atoms. The smallest absolute Gasteiger partial charge is 0.128 e. The van der Waals surface area contributed by atoms with Crippen LogP contribution in [-0.4, -0.2) is 42.6 Å². The van der Waals surface area contributed by atoms with Crippen LogP contribution in [0.4, 0.5) is 5.82 Å². The van der Waals surface area contributed by atoms with Crippen molar-refractivity contribution in [2.75, 3.05) is 31.6 Å². The number of pyridine rings is 1. The molecule has 1 aliphatic heterocycles. The molecule has 0 N–H and O–H groups in total. The van der Waals surface area contributed by atoms with Gasteiger partial charge in [0.1, 0.15) is 5.82 Å². The van der Waals surface area contributed by atoms with Crippen LogP contribution in [0.25, 0.3) is 0 Å². The van der Waals surface area contributed by atoms with Gasteiger partial charge in [0.25, 0.3) is 0 Å². The van der Waals surface area contributed by atoms with Crippen LogP contribution < -0.4 is 4.90 Å². The van der Waals surface area contributed by atoms with Crippen LogP contribution in [0.3, 0.4) is 0 Å². The Bertz CT molecular complexity index is 286. The van der Waals surface area contributed by atoms with Gasteiger partial charge in [0.05, 0.1) is 0 Å². The second-order valence-electron chi connectivity index (χ2n) is 3.89. The van der Waals surface area contributed by atoms with E-state index >= 15 is 0 Å². The maximum atomic E-state index is 4.31. The predicted octanol–water partition coefficient (Wildman–Crippen LogP) is 1.02. The van der Waals surface area contributed by atoms with Crippen LogP contribution in [0.15, 0.2) is 18.3 Å². The van der Waals surface area contributed by atoms with Crippen molar-refractivity contribution < 1.29 is 0 Å². The summed E-state index contributed by atoms with van der Waals surface area (Å²) in [6, 6.07) is 7.50. The summed E-state index contributed by atoms with van der Waals surface area (Å²) in [5.41, 5.74) is 0. The monoisotopic (exact) mass is 190 g/mol. The maximum absolute atomic E-state index is 4.31. The molecule has 1 saturated heterocycles. The van der Waals surface area contributed by atoms with E-state index in [1.54, 1.807) is 6.20 Å². The molecule has 0 unspecified atom stereocenters. The van der Waals surface area contributed by atoms with Crippen LogP contribution in [0.5, 0.6) is 0 Å². The summed E-state index contributed by atoms with van der Waals surface area (Å²) in [6.07, 6.45) is 1.73. The second kappa shape index (κ2) is 3.96. The van der Waals surface area contributed by atoms with Crippen molar-refractivity contribution in [3.63, 3.8) is 0 Å². The molecule has 1 radical (unpaired) electrons. The van der Waals surface area contributed by atoms with E-state index in [-0.39, 0.29) is 0 Å². The van der Waals surface area contributed by atoms with Crippen LogP contribution in [0, 0.1) is 6.07 Å². The van der Waals surface area contributed by atoms with Gasteiger partial charge in [0.2, 0.25) is 0 Å². The van der Waals surface area contributed by atoms with Crippen LogP contribution in [0.1, 0.15) is 6.92 Å². The molecule has 1 fully saturated rings. The molecule has 0 aliphatic carbocycles. The summed E-state index contributed by atoms with van der Waals surface area (Å²) < 4.78 is 0. The number of likely N-dealkylation sites (N-methyl/N-ethyl adjacent to an activating group) is 1. The van der Waals surface area contributed by atoms with Gasteiger partial charge in [-0.2, -0.15) is 0 Å². The lowest BCUT2D eigenvalue weighted by molar-refractivity contribution is 0.233. The molecule has 1 aromatic heterocycles. The van der Waals surface area contributed by atoms with Crippen molar-refractivity contribution in [2.24, 2.45) is 0 Å². The summed E-state index contributed by atoms with van der Waals surface area (Å²) in [7, 11) is 2.17. The lowest BCUT2D eigenvalue weighted by Gasteiger charge is -2.38. The summed E-state index contributed by atoms with van der Waals surface area (Å²) in [5, 5.41) is 0. The quantitative estimate of drug-likeness (QED) is 0.659. The van der Waals surface area contributed by atoms with Crippen LogP contribution in [-0.2, 0) is 0 Å². The van der Waals surface area contributed by atoms with E-state index in [9.17, 15) is 0 Å². The van der Waals surface area contributed by atoms with E-state index in [0.717, 1.165) is 25.5 Å². The Morgan fingerprint density at radius 2 is 2.36 bits per heavy atom. The first-order valence-electron chi connectivity index (χ1n) is 5.04. The van der Waals surface area contributed by atoms with E-state index in [4.69, 9.17) is 0 Å². The van der Waals surface area contributed by atoms with E-state index in [2.05, 4.69) is 34.8 Å². The maximum Gasteiger partial charge on any atom is 0.128 e. The average molecular weight is 190 g/mol. The van der Waals surface area contributed by atoms with Crippen molar-refractivity contribution in [3.8, 4) is 0 Å². The minimum Gasteiger partial charge on any atom is -0.354 e. The second-order valence-corrected chi connectivity index (χ2v) is 3.89. The molecule has 2 rings (SSSR count). The van der Waals surface area contributed by atoms with E-state index in [1.807, 2.05) is 12.1 Å². The van der Waals surface area contributed by atoms with Crippen molar-refractivity contribution in [3.05, 3.63) is 24.4 Å². The third-order valence-electron chi connectivity index (χ3n) is 2.88. The van der Waals surface area contributed by atoms with E-state index in [1.165, 1.54) is 0 Å². The molecule has 1 atom stereocenters. The highest BCUT2D eigenvalue weighted by Crippen LogP contribution is 2.14. The van der Waals surface area contributed by atoms with Gasteiger partial charge in [-0.05, 0) is 26.1 Å². The molecule has 3 heteroatoms. The first-order valence-corrected chi connectivity index (χ1v) is 5.04. The van der Waals surface area contributed by atoms with Gasteiger partial charge in [0, 0.05) is 37.9 Å². The molecule has 1 aliphatic rings. The Labute approximate surface area is 85.4 Å². The molecular formula is C11H16N3. The number of rotatable bonds is 1. The Balaban J connectivity index is 2.07. The van der Waals surface area contributed by atoms with Gasteiger partial charge >= 0.3 is 0 Å². The van der Waals surface area contributed by atoms with Crippen molar-refractivity contribution in [1.29, 1.82) is 0 Å². The molecule has 0 aromatic carbocycles. The summed E-state index contributed by atoms with van der Waals surface area (Å²) in [4.78, 5) is 9.03. The Morgan fingerprint density at radius 3 is 3.00 bits per heavy atom. The molecule has 0 bridgehead atoms. The third kappa shape index (κ3) is 1.87. The lowest BCUT2D eigenvalue weighted by atomic mass is 10.2. The predicted molar refractivity (Wildman–Crippen MR) is 57.4 cm³/mol. The largest absolute Gasteiger partial charge is 0.354 e. The van der Waals surface area contributed by atoms with Gasteiger partial charge in [-0.1, -0.05) is 0 Å². The average Bonchev–Trinajstić information content (AvgIpc) is 2.23. The Kier molecular flexibility index (Phi) is 2.68. The van der Waals surface area contributed by atoms with E-state index < -0.39 is 0 Å². The molecule has 3 nitrogen and oxygen atoms in total. The SMILES string of the molecule is C[C@H]1CN(c2cc[c]cn2)CCN1C.